The number of thioether (sulfide) groups is 1. The molecule has 0 bridgehead atoms. The Morgan fingerprint density at radius 1 is 0.923 bits per heavy atom. The maximum atomic E-state index is 12.9. The molecule has 10 nitrogen and oxygen atoms in total. The van der Waals surface area contributed by atoms with Crippen LogP contribution in [0, 0.1) is 10.1 Å². The minimum atomic E-state index is -0.459. The van der Waals surface area contributed by atoms with Gasteiger partial charge in [-0.1, -0.05) is 30.3 Å². The predicted molar refractivity (Wildman–Crippen MR) is 146 cm³/mol. The average molecular weight is 551 g/mol. The van der Waals surface area contributed by atoms with Crippen LogP contribution in [0.3, 0.4) is 0 Å². The normalized spacial score (nSPS) is 14.0. The lowest BCUT2D eigenvalue weighted by Crippen LogP contribution is -2.32. The molecule has 0 radical (unpaired) electrons. The van der Waals surface area contributed by atoms with Crippen LogP contribution in [-0.4, -0.2) is 47.8 Å². The molecule has 4 rings (SSSR count). The van der Waals surface area contributed by atoms with Crippen molar-refractivity contribution in [2.24, 2.45) is 0 Å². The van der Waals surface area contributed by atoms with Crippen LogP contribution in [0.1, 0.15) is 18.1 Å². The van der Waals surface area contributed by atoms with E-state index in [9.17, 15) is 19.7 Å². The van der Waals surface area contributed by atoms with Crippen LogP contribution in [0.25, 0.3) is 6.08 Å². The number of imide groups is 1. The summed E-state index contributed by atoms with van der Waals surface area (Å²) in [6.45, 7) is 2.52. The number of hydrogen-bond donors (Lipinski definition) is 0. The zero-order valence-corrected chi connectivity index (χ0v) is 22.1. The molecule has 0 spiro atoms. The molecule has 0 unspecified atom stereocenters. The second-order valence-corrected chi connectivity index (χ2v) is 9.18. The number of rotatable bonds is 12. The van der Waals surface area contributed by atoms with E-state index in [2.05, 4.69) is 0 Å². The van der Waals surface area contributed by atoms with Crippen LogP contribution in [-0.2, 0) is 11.4 Å². The Morgan fingerprint density at radius 3 is 2.44 bits per heavy atom. The Kier molecular flexibility index (Phi) is 9.06. The Bertz CT molecular complexity index is 1410. The van der Waals surface area contributed by atoms with Crippen molar-refractivity contribution in [2.75, 3.05) is 26.9 Å². The van der Waals surface area contributed by atoms with Gasteiger partial charge in [0.2, 0.25) is 0 Å². The number of non-ortho nitro benzene ring substituents is 1. The maximum Gasteiger partial charge on any atom is 0.293 e. The van der Waals surface area contributed by atoms with E-state index < -0.39 is 10.8 Å². The van der Waals surface area contributed by atoms with Gasteiger partial charge in [-0.15, -0.1) is 0 Å². The number of nitrogens with zero attached hydrogens (tertiary/aromatic N) is 2. The maximum absolute atomic E-state index is 12.9. The first kappa shape index (κ1) is 27.5. The highest BCUT2D eigenvalue weighted by molar-refractivity contribution is 8.18. The third-order valence-electron chi connectivity index (χ3n) is 5.60. The molecule has 1 fully saturated rings. The number of para-hydroxylation sites is 2. The van der Waals surface area contributed by atoms with Crippen molar-refractivity contribution in [3.05, 3.63) is 92.9 Å². The van der Waals surface area contributed by atoms with E-state index in [1.807, 2.05) is 13.0 Å². The highest BCUT2D eigenvalue weighted by Gasteiger charge is 2.35. The zero-order valence-electron chi connectivity index (χ0n) is 21.3. The molecule has 0 atom stereocenters. The lowest BCUT2D eigenvalue weighted by Gasteiger charge is -2.14. The molecule has 1 aliphatic rings. The minimum absolute atomic E-state index is 0.0169. The quantitative estimate of drug-likeness (QED) is 0.159. The van der Waals surface area contributed by atoms with Gasteiger partial charge in [-0.3, -0.25) is 24.6 Å². The Hall–Kier alpha value is -4.51. The second kappa shape index (κ2) is 12.8. The molecule has 2 amide bonds. The van der Waals surface area contributed by atoms with Crippen molar-refractivity contribution in [3.63, 3.8) is 0 Å². The van der Waals surface area contributed by atoms with Gasteiger partial charge in [0.1, 0.15) is 13.2 Å². The van der Waals surface area contributed by atoms with Crippen LogP contribution >= 0.6 is 11.8 Å². The van der Waals surface area contributed by atoms with Crippen molar-refractivity contribution in [1.82, 2.24) is 4.90 Å². The van der Waals surface area contributed by atoms with Gasteiger partial charge in [-0.05, 0) is 60.2 Å². The molecule has 0 saturated carbocycles. The summed E-state index contributed by atoms with van der Waals surface area (Å²) in [5.74, 6) is 1.58. The van der Waals surface area contributed by atoms with Crippen LogP contribution in [0.4, 0.5) is 10.5 Å². The average Bonchev–Trinajstić information content (AvgIpc) is 3.20. The fraction of sp³-hybridized carbons (Fsp3) is 0.214. The van der Waals surface area contributed by atoms with Gasteiger partial charge in [0.05, 0.1) is 30.1 Å². The lowest BCUT2D eigenvalue weighted by molar-refractivity contribution is -0.384. The monoisotopic (exact) mass is 550 g/mol. The first-order valence-electron chi connectivity index (χ1n) is 12.0. The summed E-state index contributed by atoms with van der Waals surface area (Å²) in [6, 6.07) is 18.5. The van der Waals surface area contributed by atoms with E-state index in [1.54, 1.807) is 54.6 Å². The first-order valence-corrected chi connectivity index (χ1v) is 12.9. The fourth-order valence-electron chi connectivity index (χ4n) is 3.75. The number of nitro groups is 1. The zero-order chi connectivity index (χ0) is 27.8. The van der Waals surface area contributed by atoms with E-state index in [1.165, 1.54) is 19.2 Å². The van der Waals surface area contributed by atoms with Crippen molar-refractivity contribution in [1.29, 1.82) is 0 Å². The summed E-state index contributed by atoms with van der Waals surface area (Å²) >= 11 is 0.856. The molecule has 202 valence electrons. The largest absolute Gasteiger partial charge is 0.493 e. The molecule has 3 aromatic rings. The number of nitro benzene ring substituents is 1. The van der Waals surface area contributed by atoms with Gasteiger partial charge >= 0.3 is 0 Å². The minimum Gasteiger partial charge on any atom is -0.493 e. The Labute approximate surface area is 229 Å². The standard InChI is InChI=1S/C28H26N2O8S/c1-3-36-25-16-19(11-12-24(25)38-18-20-7-6-8-21(15-20)30(33)34)17-26-27(31)29(28(32)39-26)13-14-37-23-10-5-4-9-22(23)35-2/h4-12,15-17H,3,13-14,18H2,1-2H3/b26-17-. The molecule has 1 saturated heterocycles. The molecular formula is C28H26N2O8S. The Balaban J connectivity index is 1.42. The summed E-state index contributed by atoms with van der Waals surface area (Å²) in [4.78, 5) is 37.4. The molecule has 0 aliphatic carbocycles. The van der Waals surface area contributed by atoms with Crippen molar-refractivity contribution in [2.45, 2.75) is 13.5 Å². The number of amides is 2. The van der Waals surface area contributed by atoms with Gasteiger partial charge in [0, 0.05) is 12.1 Å². The van der Waals surface area contributed by atoms with Crippen LogP contribution in [0.5, 0.6) is 23.0 Å². The molecule has 0 aromatic heterocycles. The van der Waals surface area contributed by atoms with Gasteiger partial charge in [0.15, 0.2) is 23.0 Å². The number of carbonyl (C=O) groups excluding carboxylic acids is 2. The van der Waals surface area contributed by atoms with Crippen LogP contribution in [0.15, 0.2) is 71.6 Å². The number of carbonyl (C=O) groups is 2. The smallest absolute Gasteiger partial charge is 0.293 e. The van der Waals surface area contributed by atoms with Crippen LogP contribution < -0.4 is 18.9 Å². The fourth-order valence-corrected chi connectivity index (χ4v) is 4.62. The molecular weight excluding hydrogens is 524 g/mol. The molecule has 1 heterocycles. The highest BCUT2D eigenvalue weighted by atomic mass is 32.2. The summed E-state index contributed by atoms with van der Waals surface area (Å²) in [5, 5.41) is 10.6. The number of hydrogen-bond acceptors (Lipinski definition) is 9. The lowest BCUT2D eigenvalue weighted by atomic mass is 10.1. The summed E-state index contributed by atoms with van der Waals surface area (Å²) < 4.78 is 22.5. The third kappa shape index (κ3) is 6.88. The molecule has 3 aromatic carbocycles. The number of ether oxygens (including phenoxy) is 4. The van der Waals surface area contributed by atoms with Gasteiger partial charge in [-0.2, -0.15) is 0 Å². The molecule has 39 heavy (non-hydrogen) atoms. The van der Waals surface area contributed by atoms with E-state index >= 15 is 0 Å². The second-order valence-electron chi connectivity index (χ2n) is 8.19. The molecule has 11 heteroatoms. The highest BCUT2D eigenvalue weighted by Crippen LogP contribution is 2.35. The number of methoxy groups -OCH3 is 1. The van der Waals surface area contributed by atoms with Crippen molar-refractivity contribution < 1.29 is 33.5 Å². The van der Waals surface area contributed by atoms with E-state index in [0.717, 1.165) is 16.7 Å². The van der Waals surface area contributed by atoms with Crippen molar-refractivity contribution >= 4 is 34.7 Å². The van der Waals surface area contributed by atoms with Gasteiger partial charge in [-0.25, -0.2) is 0 Å². The summed E-state index contributed by atoms with van der Waals surface area (Å²) in [7, 11) is 1.54. The summed E-state index contributed by atoms with van der Waals surface area (Å²) in [6.07, 6.45) is 1.62. The van der Waals surface area contributed by atoms with Gasteiger partial charge in [0.25, 0.3) is 16.8 Å². The van der Waals surface area contributed by atoms with Crippen LogP contribution in [0.2, 0.25) is 0 Å². The topological polar surface area (TPSA) is 117 Å². The predicted octanol–water partition coefficient (Wildman–Crippen LogP) is 5.70. The van der Waals surface area contributed by atoms with E-state index in [0.29, 0.717) is 40.7 Å². The summed E-state index contributed by atoms with van der Waals surface area (Å²) in [5.41, 5.74) is 1.27. The Morgan fingerprint density at radius 2 is 1.69 bits per heavy atom. The third-order valence-corrected chi connectivity index (χ3v) is 6.50. The first-order chi connectivity index (χ1) is 18.9. The molecule has 0 N–H and O–H groups in total. The van der Waals surface area contributed by atoms with E-state index in [4.69, 9.17) is 18.9 Å². The van der Waals surface area contributed by atoms with Crippen molar-refractivity contribution in [3.8, 4) is 23.0 Å². The number of benzene rings is 3. The van der Waals surface area contributed by atoms with Gasteiger partial charge < -0.3 is 18.9 Å². The SMILES string of the molecule is CCOc1cc(/C=C2\SC(=O)N(CCOc3ccccc3OC)C2=O)ccc1OCc1cccc([N+](=O)[O-])c1. The molecule has 1 aliphatic heterocycles. The van der Waals surface area contributed by atoms with E-state index in [-0.39, 0.29) is 35.6 Å².